The monoisotopic (exact) mass is 430 g/mol. The Morgan fingerprint density at radius 3 is 2.65 bits per heavy atom. The van der Waals surface area contributed by atoms with Gasteiger partial charge in [-0.25, -0.2) is 15.0 Å². The zero-order valence-corrected chi connectivity index (χ0v) is 17.6. The number of ether oxygens (including phenoxy) is 1. The lowest BCUT2D eigenvalue weighted by Crippen LogP contribution is -2.04. The molecule has 0 radical (unpaired) electrons. The summed E-state index contributed by atoms with van der Waals surface area (Å²) in [5.41, 5.74) is 4.90. The molecule has 1 aromatic carbocycles. The molecule has 0 spiro atoms. The number of aromatic nitrogens is 6. The first kappa shape index (κ1) is 18.9. The topological polar surface area (TPSA) is 103 Å². The number of imidazole rings is 1. The number of nitrogens with one attached hydrogen (secondary N) is 2. The van der Waals surface area contributed by atoms with Gasteiger partial charge in [0, 0.05) is 18.0 Å². The van der Waals surface area contributed by atoms with E-state index in [0.717, 1.165) is 16.1 Å². The van der Waals surface area contributed by atoms with Crippen LogP contribution in [0.5, 0.6) is 5.75 Å². The van der Waals surface area contributed by atoms with Crippen LogP contribution in [-0.4, -0.2) is 36.6 Å². The Hall–Kier alpha value is -4.05. The molecule has 10 heteroatoms. The second kappa shape index (κ2) is 8.00. The molecule has 5 rings (SSSR count). The van der Waals surface area contributed by atoms with Crippen LogP contribution in [-0.2, 0) is 0 Å². The second-order valence-corrected chi connectivity index (χ2v) is 7.54. The van der Waals surface area contributed by atoms with E-state index in [-0.39, 0.29) is 0 Å². The number of para-hydroxylation sites is 1. The van der Waals surface area contributed by atoms with E-state index in [1.165, 1.54) is 11.3 Å². The van der Waals surface area contributed by atoms with Crippen molar-refractivity contribution in [3.05, 3.63) is 66.3 Å². The van der Waals surface area contributed by atoms with E-state index in [2.05, 4.69) is 35.6 Å². The summed E-state index contributed by atoms with van der Waals surface area (Å²) in [5, 5.41) is 6.55. The van der Waals surface area contributed by atoms with Crippen molar-refractivity contribution < 1.29 is 4.74 Å². The fourth-order valence-corrected chi connectivity index (χ4v) is 3.75. The third-order valence-corrected chi connectivity index (χ3v) is 5.32. The number of nitrogens with zero attached hydrogens (tertiary/aromatic N) is 6. The van der Waals surface area contributed by atoms with Crippen LogP contribution in [0.15, 0.2) is 60.6 Å². The minimum atomic E-state index is 0.409. The first-order valence-corrected chi connectivity index (χ1v) is 10.3. The highest BCUT2D eigenvalue weighted by Crippen LogP contribution is 2.30. The van der Waals surface area contributed by atoms with Crippen molar-refractivity contribution in [2.45, 2.75) is 6.92 Å². The minimum absolute atomic E-state index is 0.409. The van der Waals surface area contributed by atoms with E-state index in [0.29, 0.717) is 34.7 Å². The fourth-order valence-electron chi connectivity index (χ4n) is 3.08. The van der Waals surface area contributed by atoms with Crippen LogP contribution in [0.3, 0.4) is 0 Å². The van der Waals surface area contributed by atoms with Crippen molar-refractivity contribution >= 4 is 44.8 Å². The lowest BCUT2D eigenvalue weighted by Gasteiger charge is -2.12. The van der Waals surface area contributed by atoms with E-state index < -0.39 is 0 Å². The quantitative estimate of drug-likeness (QED) is 0.407. The largest absolute Gasteiger partial charge is 0.493 e. The second-order valence-electron chi connectivity index (χ2n) is 6.69. The van der Waals surface area contributed by atoms with Gasteiger partial charge in [0.2, 0.25) is 5.95 Å². The van der Waals surface area contributed by atoms with Gasteiger partial charge < -0.3 is 15.4 Å². The highest BCUT2D eigenvalue weighted by atomic mass is 32.1. The predicted octanol–water partition coefficient (Wildman–Crippen LogP) is 4.47. The molecular formula is C21H18N8OS. The van der Waals surface area contributed by atoms with Gasteiger partial charge in [-0.1, -0.05) is 18.2 Å². The normalized spacial score (nSPS) is 10.9. The molecule has 9 nitrogen and oxygen atoms in total. The van der Waals surface area contributed by atoms with Crippen molar-refractivity contribution in [1.82, 2.24) is 29.5 Å². The molecule has 0 fully saturated rings. The van der Waals surface area contributed by atoms with Gasteiger partial charge in [0.15, 0.2) is 23.0 Å². The van der Waals surface area contributed by atoms with E-state index in [9.17, 15) is 0 Å². The van der Waals surface area contributed by atoms with Crippen molar-refractivity contribution in [3.63, 3.8) is 0 Å². The third kappa shape index (κ3) is 3.88. The number of methoxy groups -OCH3 is 1. The highest BCUT2D eigenvalue weighted by molar-refractivity contribution is 7.17. The molecule has 0 unspecified atom stereocenters. The summed E-state index contributed by atoms with van der Waals surface area (Å²) >= 11 is 1.49. The Labute approximate surface area is 181 Å². The fraction of sp³-hybridized carbons (Fsp3) is 0.0952. The van der Waals surface area contributed by atoms with E-state index >= 15 is 0 Å². The van der Waals surface area contributed by atoms with Crippen LogP contribution in [0.25, 0.3) is 16.2 Å². The Morgan fingerprint density at radius 2 is 1.87 bits per heavy atom. The summed E-state index contributed by atoms with van der Waals surface area (Å²) in [4.78, 5) is 22.3. The Balaban J connectivity index is 1.47. The molecule has 4 aromatic heterocycles. The Bertz CT molecular complexity index is 1350. The number of benzene rings is 1. The molecule has 5 aromatic rings. The average Bonchev–Trinajstić information content (AvgIpc) is 3.43. The van der Waals surface area contributed by atoms with Crippen LogP contribution in [0.4, 0.5) is 23.1 Å². The van der Waals surface area contributed by atoms with Gasteiger partial charge in [0.05, 0.1) is 30.2 Å². The van der Waals surface area contributed by atoms with E-state index in [1.54, 1.807) is 25.1 Å². The lowest BCUT2D eigenvalue weighted by molar-refractivity contribution is 0.411. The maximum Gasteiger partial charge on any atom is 0.231 e. The summed E-state index contributed by atoms with van der Waals surface area (Å²) in [6.45, 7) is 1.92. The van der Waals surface area contributed by atoms with Gasteiger partial charge in [0.25, 0.3) is 0 Å². The smallest absolute Gasteiger partial charge is 0.231 e. The molecule has 154 valence electrons. The van der Waals surface area contributed by atoms with Crippen LogP contribution in [0.1, 0.15) is 5.69 Å². The maximum atomic E-state index is 5.53. The summed E-state index contributed by atoms with van der Waals surface area (Å²) in [6.07, 6.45) is 5.29. The molecule has 0 amide bonds. The summed E-state index contributed by atoms with van der Waals surface area (Å²) in [6, 6.07) is 11.7. The van der Waals surface area contributed by atoms with E-state index in [4.69, 9.17) is 4.74 Å². The molecule has 0 atom stereocenters. The van der Waals surface area contributed by atoms with Gasteiger partial charge >= 0.3 is 0 Å². The predicted molar refractivity (Wildman–Crippen MR) is 121 cm³/mol. The van der Waals surface area contributed by atoms with E-state index in [1.807, 2.05) is 54.1 Å². The van der Waals surface area contributed by atoms with Gasteiger partial charge in [0.1, 0.15) is 11.0 Å². The number of anilines is 4. The molecule has 0 saturated heterocycles. The lowest BCUT2D eigenvalue weighted by atomic mass is 10.3. The number of thiazole rings is 1. The summed E-state index contributed by atoms with van der Waals surface area (Å²) < 4.78 is 8.24. The zero-order valence-electron chi connectivity index (χ0n) is 16.8. The number of aryl methyl sites for hydroxylation is 1. The zero-order chi connectivity index (χ0) is 21.2. The Morgan fingerprint density at radius 1 is 1.00 bits per heavy atom. The molecule has 0 aliphatic carbocycles. The van der Waals surface area contributed by atoms with Gasteiger partial charge in [-0.2, -0.15) is 9.97 Å². The summed E-state index contributed by atoms with van der Waals surface area (Å²) in [7, 11) is 1.60. The van der Waals surface area contributed by atoms with Crippen molar-refractivity contribution in [2.75, 3.05) is 17.7 Å². The van der Waals surface area contributed by atoms with Gasteiger partial charge in [-0.15, -0.1) is 11.3 Å². The van der Waals surface area contributed by atoms with Crippen molar-refractivity contribution in [3.8, 4) is 11.6 Å². The first-order chi connectivity index (χ1) is 15.2. The first-order valence-electron chi connectivity index (χ1n) is 9.45. The molecule has 31 heavy (non-hydrogen) atoms. The van der Waals surface area contributed by atoms with Gasteiger partial charge in [-0.05, 0) is 19.1 Å². The summed E-state index contributed by atoms with van der Waals surface area (Å²) in [5.74, 6) is 2.34. The highest BCUT2D eigenvalue weighted by Gasteiger charge is 2.13. The number of rotatable bonds is 6. The van der Waals surface area contributed by atoms with Crippen LogP contribution >= 0.6 is 11.3 Å². The minimum Gasteiger partial charge on any atom is -0.493 e. The Kier molecular flexibility index (Phi) is 4.89. The molecule has 0 aliphatic heterocycles. The number of fused-ring (bicyclic) bond motifs is 1. The third-order valence-electron chi connectivity index (χ3n) is 4.49. The standard InChI is InChI=1S/C21H18N8OS/c1-13-10-29(11-23-13)20-16(30-2)8-15(9-22-20)26-21-27-18-17(31-12-24-18)19(28-21)25-14-6-4-3-5-7-14/h3-12H,1-2H3,(H2,25,26,27,28). The maximum absolute atomic E-state index is 5.53. The molecule has 0 aliphatic rings. The van der Waals surface area contributed by atoms with Crippen molar-refractivity contribution in [2.24, 2.45) is 0 Å². The van der Waals surface area contributed by atoms with Crippen LogP contribution in [0, 0.1) is 6.92 Å². The van der Waals surface area contributed by atoms with Gasteiger partial charge in [-0.3, -0.25) is 4.57 Å². The number of hydrogen-bond donors (Lipinski definition) is 2. The number of pyridine rings is 1. The van der Waals surface area contributed by atoms with Crippen molar-refractivity contribution in [1.29, 1.82) is 0 Å². The van der Waals surface area contributed by atoms with Crippen LogP contribution in [0.2, 0.25) is 0 Å². The average molecular weight is 430 g/mol. The molecule has 0 saturated carbocycles. The number of hydrogen-bond acceptors (Lipinski definition) is 9. The van der Waals surface area contributed by atoms with Crippen LogP contribution < -0.4 is 15.4 Å². The SMILES string of the molecule is COc1cc(Nc2nc(Nc3ccccc3)c3scnc3n2)cnc1-n1cnc(C)c1. The molecular weight excluding hydrogens is 412 g/mol. The molecule has 2 N–H and O–H groups in total. The molecule has 0 bridgehead atoms. The molecule has 4 heterocycles.